The molecule has 4 rings (SSSR count). The van der Waals surface area contributed by atoms with Crippen molar-refractivity contribution in [2.24, 2.45) is 0 Å². The van der Waals surface area contributed by atoms with Crippen LogP contribution in [0.3, 0.4) is 0 Å². The summed E-state index contributed by atoms with van der Waals surface area (Å²) in [5.41, 5.74) is 0.335. The molecule has 0 spiro atoms. The molecule has 8 nitrogen and oxygen atoms in total. The molecule has 2 aliphatic rings. The summed E-state index contributed by atoms with van der Waals surface area (Å²) in [5, 5.41) is 6.77. The van der Waals surface area contributed by atoms with Gasteiger partial charge in [0.2, 0.25) is 10.0 Å². The van der Waals surface area contributed by atoms with Gasteiger partial charge in [0.25, 0.3) is 0 Å². The smallest absolute Gasteiger partial charge is 0.322 e. The second-order valence-electron chi connectivity index (χ2n) is 6.71. The summed E-state index contributed by atoms with van der Waals surface area (Å²) in [7, 11) is -3.37. The Bertz CT molecular complexity index is 947. The van der Waals surface area contributed by atoms with Crippen LogP contribution in [0.1, 0.15) is 18.9 Å². The number of sulfonamides is 1. The zero-order valence-electron chi connectivity index (χ0n) is 14.6. The molecule has 27 heavy (non-hydrogen) atoms. The number of hydrogen-bond acceptors (Lipinski definition) is 4. The van der Waals surface area contributed by atoms with Gasteiger partial charge in [-0.25, -0.2) is 17.6 Å². The van der Waals surface area contributed by atoms with E-state index in [0.29, 0.717) is 31.7 Å². The summed E-state index contributed by atoms with van der Waals surface area (Å²) in [5.74, 6) is -0.527. The van der Waals surface area contributed by atoms with Gasteiger partial charge in [-0.1, -0.05) is 0 Å². The van der Waals surface area contributed by atoms with Gasteiger partial charge in [-0.3, -0.25) is 8.99 Å². The minimum Gasteiger partial charge on any atom is -0.322 e. The van der Waals surface area contributed by atoms with Gasteiger partial charge in [0.05, 0.1) is 23.2 Å². The van der Waals surface area contributed by atoms with E-state index in [1.54, 1.807) is 11.1 Å². The predicted octanol–water partition coefficient (Wildman–Crippen LogP) is 2.04. The van der Waals surface area contributed by atoms with E-state index in [9.17, 15) is 17.6 Å². The molecule has 2 fully saturated rings. The van der Waals surface area contributed by atoms with Crippen LogP contribution in [0.4, 0.5) is 20.6 Å². The van der Waals surface area contributed by atoms with Crippen LogP contribution in [0.15, 0.2) is 36.7 Å². The van der Waals surface area contributed by atoms with Crippen LogP contribution in [0.2, 0.25) is 0 Å². The van der Waals surface area contributed by atoms with Crippen LogP contribution in [0.5, 0.6) is 0 Å². The lowest BCUT2D eigenvalue weighted by atomic mass is 10.2. The first kappa shape index (κ1) is 17.8. The highest BCUT2D eigenvalue weighted by molar-refractivity contribution is 7.93. The minimum atomic E-state index is -3.37. The quantitative estimate of drug-likeness (QED) is 0.865. The Labute approximate surface area is 156 Å². The maximum Gasteiger partial charge on any atom is 0.322 e. The molecule has 1 unspecified atom stereocenters. The highest BCUT2D eigenvalue weighted by Gasteiger charge is 2.30. The first-order valence-corrected chi connectivity index (χ1v) is 10.4. The molecule has 2 amide bonds. The average molecular weight is 393 g/mol. The van der Waals surface area contributed by atoms with E-state index >= 15 is 0 Å². The van der Waals surface area contributed by atoms with Crippen LogP contribution >= 0.6 is 0 Å². The lowest BCUT2D eigenvalue weighted by Crippen LogP contribution is -2.33. The van der Waals surface area contributed by atoms with Crippen LogP contribution < -0.4 is 9.62 Å². The normalized spacial score (nSPS) is 21.6. The molecule has 3 heterocycles. The molecule has 1 atom stereocenters. The van der Waals surface area contributed by atoms with Crippen molar-refractivity contribution in [2.75, 3.05) is 35.0 Å². The lowest BCUT2D eigenvalue weighted by molar-refractivity contribution is 0.220. The zero-order chi connectivity index (χ0) is 19.0. The maximum atomic E-state index is 14.2. The van der Waals surface area contributed by atoms with Gasteiger partial charge in [0, 0.05) is 32.0 Å². The van der Waals surface area contributed by atoms with Crippen molar-refractivity contribution < 1.29 is 17.6 Å². The van der Waals surface area contributed by atoms with Crippen molar-refractivity contribution in [1.29, 1.82) is 0 Å². The number of nitrogens with one attached hydrogen (secondary N) is 1. The van der Waals surface area contributed by atoms with Crippen LogP contribution in [0.25, 0.3) is 0 Å². The largest absolute Gasteiger partial charge is 0.322 e. The van der Waals surface area contributed by atoms with Crippen LogP contribution in [-0.2, 0) is 10.0 Å². The number of carbonyl (C=O) groups excluding carboxylic acids is 1. The Morgan fingerprint density at radius 1 is 1.30 bits per heavy atom. The van der Waals surface area contributed by atoms with Crippen molar-refractivity contribution in [3.63, 3.8) is 0 Å². The lowest BCUT2D eigenvalue weighted by Gasteiger charge is -2.20. The Morgan fingerprint density at radius 3 is 2.85 bits per heavy atom. The number of nitrogens with zero attached hydrogens (tertiary/aromatic N) is 4. The standard InChI is InChI=1S/C17H20FN5O3S/c18-15-4-3-13(23-8-2-10-27(23,25)26)11-16(15)20-17(24)21-9-5-14(12-21)22-7-1-6-19-22/h1,3-4,6-7,11,14H,2,5,8-10,12H2,(H,20,24). The molecule has 144 valence electrons. The molecule has 10 heteroatoms. The summed E-state index contributed by atoms with van der Waals surface area (Å²) >= 11 is 0. The first-order chi connectivity index (χ1) is 12.9. The first-order valence-electron chi connectivity index (χ1n) is 8.79. The maximum absolute atomic E-state index is 14.2. The molecular formula is C17H20FN5O3S. The number of rotatable bonds is 3. The molecule has 0 aliphatic carbocycles. The van der Waals surface area contributed by atoms with E-state index in [4.69, 9.17) is 0 Å². The summed E-state index contributed by atoms with van der Waals surface area (Å²) in [6.45, 7) is 1.38. The van der Waals surface area contributed by atoms with Gasteiger partial charge >= 0.3 is 6.03 Å². The highest BCUT2D eigenvalue weighted by atomic mass is 32.2. The number of hydrogen-bond donors (Lipinski definition) is 1. The van der Waals surface area contributed by atoms with E-state index in [1.807, 2.05) is 16.9 Å². The Balaban J connectivity index is 1.48. The van der Waals surface area contributed by atoms with Crippen molar-refractivity contribution in [2.45, 2.75) is 18.9 Å². The van der Waals surface area contributed by atoms with Gasteiger partial charge in [-0.15, -0.1) is 0 Å². The zero-order valence-corrected chi connectivity index (χ0v) is 15.4. The number of halogens is 1. The number of aromatic nitrogens is 2. The van der Waals surface area contributed by atoms with Crippen LogP contribution in [0, 0.1) is 5.82 Å². The number of urea groups is 1. The van der Waals surface area contributed by atoms with E-state index < -0.39 is 21.9 Å². The number of anilines is 2. The van der Waals surface area contributed by atoms with E-state index in [2.05, 4.69) is 10.4 Å². The van der Waals surface area contributed by atoms with Gasteiger partial charge in [0.15, 0.2) is 0 Å². The second kappa shape index (κ2) is 6.84. The fraction of sp³-hybridized carbons (Fsp3) is 0.412. The van der Waals surface area contributed by atoms with Crippen molar-refractivity contribution in [3.8, 4) is 0 Å². The van der Waals surface area contributed by atoms with Crippen molar-refractivity contribution >= 4 is 27.4 Å². The van der Waals surface area contributed by atoms with Gasteiger partial charge in [0.1, 0.15) is 5.82 Å². The fourth-order valence-corrected chi connectivity index (χ4v) is 5.08. The van der Waals surface area contributed by atoms with Crippen molar-refractivity contribution in [3.05, 3.63) is 42.5 Å². The third kappa shape index (κ3) is 3.48. The second-order valence-corrected chi connectivity index (χ2v) is 8.72. The van der Waals surface area contributed by atoms with E-state index in [0.717, 1.165) is 6.42 Å². The Morgan fingerprint density at radius 2 is 2.15 bits per heavy atom. The molecule has 1 N–H and O–H groups in total. The predicted molar refractivity (Wildman–Crippen MR) is 98.6 cm³/mol. The molecule has 0 saturated carbocycles. The minimum absolute atomic E-state index is 0.0258. The Hall–Kier alpha value is -2.62. The SMILES string of the molecule is O=C(Nc1cc(N2CCCS2(=O)=O)ccc1F)N1CCC(n2cccn2)C1. The molecule has 2 aromatic rings. The number of amides is 2. The average Bonchev–Trinajstić information content (AvgIpc) is 3.36. The molecule has 1 aromatic heterocycles. The molecular weight excluding hydrogens is 373 g/mol. The summed E-state index contributed by atoms with van der Waals surface area (Å²) in [6.07, 6.45) is 4.84. The van der Waals surface area contributed by atoms with Crippen LogP contribution in [-0.4, -0.2) is 54.5 Å². The third-order valence-corrected chi connectivity index (χ3v) is 6.80. The molecule has 0 radical (unpaired) electrons. The number of likely N-dealkylation sites (tertiary alicyclic amines) is 1. The number of benzene rings is 1. The summed E-state index contributed by atoms with van der Waals surface area (Å²) < 4.78 is 41.4. The fourth-order valence-electron chi connectivity index (χ4n) is 3.53. The van der Waals surface area contributed by atoms with Gasteiger partial charge in [-0.2, -0.15) is 5.10 Å². The monoisotopic (exact) mass is 393 g/mol. The molecule has 1 aromatic carbocycles. The van der Waals surface area contributed by atoms with E-state index in [-0.39, 0.29) is 17.5 Å². The highest BCUT2D eigenvalue weighted by Crippen LogP contribution is 2.29. The third-order valence-electron chi connectivity index (χ3n) is 4.93. The molecule has 2 saturated heterocycles. The topological polar surface area (TPSA) is 87.5 Å². The van der Waals surface area contributed by atoms with Gasteiger partial charge < -0.3 is 10.2 Å². The van der Waals surface area contributed by atoms with E-state index in [1.165, 1.54) is 22.5 Å². The molecule has 2 aliphatic heterocycles. The summed E-state index contributed by atoms with van der Waals surface area (Å²) in [6, 6.07) is 5.47. The Kier molecular flexibility index (Phi) is 4.50. The summed E-state index contributed by atoms with van der Waals surface area (Å²) in [4.78, 5) is 14.1. The van der Waals surface area contributed by atoms with Gasteiger partial charge in [-0.05, 0) is 37.1 Å². The van der Waals surface area contributed by atoms with Crippen molar-refractivity contribution in [1.82, 2.24) is 14.7 Å². The molecule has 0 bridgehead atoms. The number of carbonyl (C=O) groups is 1.